The molecule has 0 saturated carbocycles. The predicted octanol–water partition coefficient (Wildman–Crippen LogP) is 3.09. The number of aromatic amines is 1. The Labute approximate surface area is 117 Å². The lowest BCUT2D eigenvalue weighted by Crippen LogP contribution is -2.13. The molecule has 0 radical (unpaired) electrons. The van der Waals surface area contributed by atoms with E-state index in [1.54, 1.807) is 0 Å². The second kappa shape index (κ2) is 4.96. The summed E-state index contributed by atoms with van der Waals surface area (Å²) in [4.78, 5) is 27.4. The number of H-pyrrole nitrogens is 1. The summed E-state index contributed by atoms with van der Waals surface area (Å²) >= 11 is 0. The molecule has 0 atom stereocenters. The topological polar surface area (TPSA) is 62.0 Å². The highest BCUT2D eigenvalue weighted by atomic mass is 16.2. The van der Waals surface area contributed by atoms with Crippen molar-refractivity contribution in [1.29, 1.82) is 0 Å². The highest BCUT2D eigenvalue weighted by Gasteiger charge is 2.26. The fraction of sp³-hybridized carbons (Fsp3) is 0.250. The first-order valence-electron chi connectivity index (χ1n) is 6.78. The van der Waals surface area contributed by atoms with Gasteiger partial charge in [-0.2, -0.15) is 0 Å². The van der Waals surface area contributed by atoms with Crippen molar-refractivity contribution in [2.75, 3.05) is 5.32 Å². The van der Waals surface area contributed by atoms with Gasteiger partial charge in [0.15, 0.2) is 5.78 Å². The van der Waals surface area contributed by atoms with Gasteiger partial charge in [-0.25, -0.2) is 0 Å². The lowest BCUT2D eigenvalue weighted by molar-refractivity contribution is 0.0971. The summed E-state index contributed by atoms with van der Waals surface area (Å²) < 4.78 is 0. The Morgan fingerprint density at radius 1 is 1.20 bits per heavy atom. The van der Waals surface area contributed by atoms with Gasteiger partial charge in [-0.05, 0) is 37.5 Å². The lowest BCUT2D eigenvalue weighted by atomic mass is 9.94. The predicted molar refractivity (Wildman–Crippen MR) is 77.2 cm³/mol. The molecule has 0 saturated heterocycles. The van der Waals surface area contributed by atoms with Crippen LogP contribution < -0.4 is 5.32 Å². The minimum Gasteiger partial charge on any atom is -0.354 e. The molecule has 102 valence electrons. The highest BCUT2D eigenvalue weighted by Crippen LogP contribution is 2.26. The maximum atomic E-state index is 12.3. The largest absolute Gasteiger partial charge is 0.354 e. The van der Waals surface area contributed by atoms with Crippen LogP contribution >= 0.6 is 0 Å². The zero-order valence-corrected chi connectivity index (χ0v) is 11.3. The van der Waals surface area contributed by atoms with E-state index in [2.05, 4.69) is 10.3 Å². The number of ketones is 1. The number of hydrogen-bond donors (Lipinski definition) is 2. The summed E-state index contributed by atoms with van der Waals surface area (Å²) in [5, 5.41) is 2.84. The highest BCUT2D eigenvalue weighted by molar-refractivity contribution is 6.08. The van der Waals surface area contributed by atoms with Crippen LogP contribution in [0.2, 0.25) is 0 Å². The molecule has 20 heavy (non-hydrogen) atoms. The molecule has 3 rings (SSSR count). The van der Waals surface area contributed by atoms with Crippen molar-refractivity contribution in [3.8, 4) is 0 Å². The van der Waals surface area contributed by atoms with Crippen LogP contribution in [0.15, 0.2) is 30.3 Å². The Balaban J connectivity index is 1.91. The van der Waals surface area contributed by atoms with Crippen LogP contribution in [0.4, 0.5) is 5.69 Å². The van der Waals surface area contributed by atoms with Crippen LogP contribution in [0.1, 0.15) is 44.9 Å². The normalized spacial score (nSPS) is 13.9. The zero-order chi connectivity index (χ0) is 14.1. The van der Waals surface area contributed by atoms with E-state index in [4.69, 9.17) is 0 Å². The molecule has 0 unspecified atom stereocenters. The van der Waals surface area contributed by atoms with Crippen LogP contribution in [0.25, 0.3) is 0 Å². The molecule has 4 nitrogen and oxygen atoms in total. The first-order valence-corrected chi connectivity index (χ1v) is 6.78. The molecule has 1 aromatic heterocycles. The number of Topliss-reactive ketones (excluding diaryl/α,β-unsaturated/α-hetero) is 1. The number of carbonyl (C=O) groups excluding carboxylic acids is 2. The van der Waals surface area contributed by atoms with Gasteiger partial charge in [-0.3, -0.25) is 9.59 Å². The third kappa shape index (κ3) is 2.13. The summed E-state index contributed by atoms with van der Waals surface area (Å²) in [5.74, 6) is -0.0605. The van der Waals surface area contributed by atoms with Crippen molar-refractivity contribution in [1.82, 2.24) is 4.98 Å². The van der Waals surface area contributed by atoms with Gasteiger partial charge in [0.25, 0.3) is 5.91 Å². The van der Waals surface area contributed by atoms with Crippen molar-refractivity contribution in [3.05, 3.63) is 52.8 Å². The van der Waals surface area contributed by atoms with Crippen LogP contribution in [-0.2, 0) is 6.42 Å². The molecule has 1 aliphatic carbocycles. The van der Waals surface area contributed by atoms with Gasteiger partial charge in [0.05, 0.1) is 0 Å². The fourth-order valence-electron chi connectivity index (χ4n) is 2.72. The quantitative estimate of drug-likeness (QED) is 0.879. The molecule has 1 heterocycles. The van der Waals surface area contributed by atoms with Crippen LogP contribution in [0.3, 0.4) is 0 Å². The van der Waals surface area contributed by atoms with Crippen LogP contribution in [-0.4, -0.2) is 16.7 Å². The number of aromatic nitrogens is 1. The van der Waals surface area contributed by atoms with E-state index >= 15 is 0 Å². The number of anilines is 1. The molecule has 0 spiro atoms. The number of para-hydroxylation sites is 1. The van der Waals surface area contributed by atoms with E-state index in [1.165, 1.54) is 0 Å². The molecule has 1 amide bonds. The molecular weight excluding hydrogens is 252 g/mol. The second-order valence-corrected chi connectivity index (χ2v) is 5.08. The Kier molecular flexibility index (Phi) is 3.14. The monoisotopic (exact) mass is 268 g/mol. The number of carbonyl (C=O) groups is 2. The third-order valence-corrected chi connectivity index (χ3v) is 3.70. The summed E-state index contributed by atoms with van der Waals surface area (Å²) in [7, 11) is 0. The van der Waals surface area contributed by atoms with E-state index < -0.39 is 0 Å². The summed E-state index contributed by atoms with van der Waals surface area (Å²) in [5.41, 5.74) is 3.62. The summed E-state index contributed by atoms with van der Waals surface area (Å²) in [6.07, 6.45) is 2.26. The van der Waals surface area contributed by atoms with E-state index in [9.17, 15) is 9.59 Å². The lowest BCUT2D eigenvalue weighted by Gasteiger charge is -2.09. The minimum absolute atomic E-state index is 0.138. The van der Waals surface area contributed by atoms with Crippen molar-refractivity contribution in [2.45, 2.75) is 26.2 Å². The number of nitrogens with one attached hydrogen (secondary N) is 2. The van der Waals surface area contributed by atoms with E-state index in [0.29, 0.717) is 12.1 Å². The molecule has 0 bridgehead atoms. The molecule has 2 N–H and O–H groups in total. The zero-order valence-electron chi connectivity index (χ0n) is 11.3. The fourth-order valence-corrected chi connectivity index (χ4v) is 2.72. The molecule has 1 aliphatic rings. The van der Waals surface area contributed by atoms with Crippen LogP contribution in [0.5, 0.6) is 0 Å². The number of fused-ring (bicyclic) bond motifs is 1. The first-order chi connectivity index (χ1) is 9.66. The van der Waals surface area contributed by atoms with E-state index in [-0.39, 0.29) is 11.7 Å². The minimum atomic E-state index is -0.198. The molecule has 0 aliphatic heterocycles. The Bertz CT molecular complexity index is 671. The van der Waals surface area contributed by atoms with Crippen molar-refractivity contribution >= 4 is 17.4 Å². The molecule has 1 aromatic carbocycles. The maximum Gasteiger partial charge on any atom is 0.272 e. The summed E-state index contributed by atoms with van der Waals surface area (Å²) in [6, 6.07) is 9.30. The van der Waals surface area contributed by atoms with Gasteiger partial charge in [0, 0.05) is 23.4 Å². The average Bonchev–Trinajstić information content (AvgIpc) is 2.79. The molecular formula is C16H16N2O2. The van der Waals surface area contributed by atoms with Crippen LogP contribution in [0, 0.1) is 6.92 Å². The van der Waals surface area contributed by atoms with Gasteiger partial charge in [-0.1, -0.05) is 18.2 Å². The van der Waals surface area contributed by atoms with Crippen molar-refractivity contribution in [3.63, 3.8) is 0 Å². The smallest absolute Gasteiger partial charge is 0.272 e. The maximum absolute atomic E-state index is 12.3. The van der Waals surface area contributed by atoms with E-state index in [0.717, 1.165) is 35.3 Å². The van der Waals surface area contributed by atoms with Crippen molar-refractivity contribution < 1.29 is 9.59 Å². The number of rotatable bonds is 2. The standard InChI is InChI=1S/C16H16N2O2/c1-10-14-12(8-5-9-13(14)19)18-15(10)16(20)17-11-6-3-2-4-7-11/h2-4,6-7,18H,5,8-9H2,1H3,(H,17,20). The second-order valence-electron chi connectivity index (χ2n) is 5.08. The SMILES string of the molecule is Cc1c(C(=O)Nc2ccccc2)[nH]c2c1C(=O)CCC2. The number of amides is 1. The Morgan fingerprint density at radius 2 is 1.95 bits per heavy atom. The van der Waals surface area contributed by atoms with Gasteiger partial charge in [0.1, 0.15) is 5.69 Å². The Morgan fingerprint density at radius 3 is 2.65 bits per heavy atom. The molecule has 2 aromatic rings. The molecule has 4 heteroatoms. The number of aryl methyl sites for hydroxylation is 1. The molecule has 0 fully saturated rings. The average molecular weight is 268 g/mol. The summed E-state index contributed by atoms with van der Waals surface area (Å²) in [6.45, 7) is 1.83. The van der Waals surface area contributed by atoms with Gasteiger partial charge in [-0.15, -0.1) is 0 Å². The van der Waals surface area contributed by atoms with Crippen molar-refractivity contribution in [2.24, 2.45) is 0 Å². The van der Waals surface area contributed by atoms with E-state index in [1.807, 2.05) is 37.3 Å². The Hall–Kier alpha value is -2.36. The van der Waals surface area contributed by atoms with Gasteiger partial charge >= 0.3 is 0 Å². The van der Waals surface area contributed by atoms with Gasteiger partial charge in [0.2, 0.25) is 0 Å². The third-order valence-electron chi connectivity index (χ3n) is 3.70. The first kappa shape index (κ1) is 12.7. The number of benzene rings is 1. The van der Waals surface area contributed by atoms with Gasteiger partial charge < -0.3 is 10.3 Å². The number of hydrogen-bond acceptors (Lipinski definition) is 2.